The van der Waals surface area contributed by atoms with Crippen molar-refractivity contribution in [2.45, 2.75) is 26.1 Å². The predicted octanol–water partition coefficient (Wildman–Crippen LogP) is 2.18. The van der Waals surface area contributed by atoms with Gasteiger partial charge >= 0.3 is 0 Å². The largest absolute Gasteiger partial charge is 0.379 e. The lowest BCUT2D eigenvalue weighted by Crippen LogP contribution is -2.35. The molecule has 6 heteroatoms. The maximum absolute atomic E-state index is 12.6. The SMILES string of the molecule is O=C(NCc1ccc(CN2CCOCC2)cc1)[C@H]1CC(=O)N(Cc2ccccc2)C1. The molecule has 0 aliphatic carbocycles. The first-order chi connectivity index (χ1) is 14.7. The highest BCUT2D eigenvalue weighted by Crippen LogP contribution is 2.20. The second-order valence-electron chi connectivity index (χ2n) is 8.08. The molecule has 0 bridgehead atoms. The molecule has 2 aliphatic rings. The van der Waals surface area contributed by atoms with E-state index < -0.39 is 0 Å². The molecular formula is C24H29N3O3. The van der Waals surface area contributed by atoms with Crippen LogP contribution in [0.5, 0.6) is 0 Å². The normalized spacial score (nSPS) is 19.8. The predicted molar refractivity (Wildman–Crippen MR) is 114 cm³/mol. The number of likely N-dealkylation sites (tertiary alicyclic amines) is 1. The lowest BCUT2D eigenvalue weighted by atomic mass is 10.1. The summed E-state index contributed by atoms with van der Waals surface area (Å²) < 4.78 is 5.39. The highest BCUT2D eigenvalue weighted by molar-refractivity contribution is 5.89. The minimum absolute atomic E-state index is 0.0451. The molecule has 0 unspecified atom stereocenters. The maximum Gasteiger partial charge on any atom is 0.225 e. The molecule has 2 heterocycles. The molecule has 2 amide bonds. The summed E-state index contributed by atoms with van der Waals surface area (Å²) in [5.41, 5.74) is 3.42. The van der Waals surface area contributed by atoms with Gasteiger partial charge in [-0.25, -0.2) is 0 Å². The fourth-order valence-electron chi connectivity index (χ4n) is 4.02. The molecule has 0 spiro atoms. The quantitative estimate of drug-likeness (QED) is 0.764. The van der Waals surface area contributed by atoms with Crippen LogP contribution in [0.4, 0.5) is 0 Å². The van der Waals surface area contributed by atoms with Crippen molar-refractivity contribution in [3.8, 4) is 0 Å². The summed E-state index contributed by atoms with van der Waals surface area (Å²) in [4.78, 5) is 29.1. The monoisotopic (exact) mass is 407 g/mol. The number of carbonyl (C=O) groups is 2. The van der Waals surface area contributed by atoms with Gasteiger partial charge in [0.05, 0.1) is 19.1 Å². The molecule has 6 nitrogen and oxygen atoms in total. The van der Waals surface area contributed by atoms with Crippen LogP contribution in [0.25, 0.3) is 0 Å². The van der Waals surface area contributed by atoms with Crippen molar-refractivity contribution >= 4 is 11.8 Å². The number of hydrogen-bond acceptors (Lipinski definition) is 4. The van der Waals surface area contributed by atoms with Crippen LogP contribution in [-0.2, 0) is 34.0 Å². The van der Waals surface area contributed by atoms with Gasteiger partial charge in [0.1, 0.15) is 0 Å². The van der Waals surface area contributed by atoms with Crippen LogP contribution in [0, 0.1) is 5.92 Å². The highest BCUT2D eigenvalue weighted by Gasteiger charge is 2.34. The summed E-state index contributed by atoms with van der Waals surface area (Å²) in [6, 6.07) is 18.3. The van der Waals surface area contributed by atoms with Crippen molar-refractivity contribution in [1.82, 2.24) is 15.1 Å². The van der Waals surface area contributed by atoms with Gasteiger partial charge < -0.3 is 15.0 Å². The number of hydrogen-bond donors (Lipinski definition) is 1. The molecular weight excluding hydrogens is 378 g/mol. The van der Waals surface area contributed by atoms with E-state index in [1.807, 2.05) is 30.3 Å². The Balaban J connectivity index is 1.24. The van der Waals surface area contributed by atoms with E-state index in [2.05, 4.69) is 34.5 Å². The molecule has 1 N–H and O–H groups in total. The number of benzene rings is 2. The summed E-state index contributed by atoms with van der Waals surface area (Å²) in [7, 11) is 0. The Kier molecular flexibility index (Phi) is 6.77. The first-order valence-electron chi connectivity index (χ1n) is 10.6. The van der Waals surface area contributed by atoms with E-state index in [9.17, 15) is 9.59 Å². The molecule has 0 aromatic heterocycles. The van der Waals surface area contributed by atoms with Crippen LogP contribution in [0.1, 0.15) is 23.1 Å². The number of nitrogens with one attached hydrogen (secondary N) is 1. The molecule has 30 heavy (non-hydrogen) atoms. The van der Waals surface area contributed by atoms with E-state index in [-0.39, 0.29) is 24.2 Å². The Bertz CT molecular complexity index is 848. The highest BCUT2D eigenvalue weighted by atomic mass is 16.5. The first kappa shape index (κ1) is 20.6. The zero-order valence-electron chi connectivity index (χ0n) is 17.3. The van der Waals surface area contributed by atoms with Crippen molar-refractivity contribution < 1.29 is 14.3 Å². The summed E-state index contributed by atoms with van der Waals surface area (Å²) in [5, 5.41) is 3.00. The van der Waals surface area contributed by atoms with Gasteiger partial charge in [-0.1, -0.05) is 54.6 Å². The first-order valence-corrected chi connectivity index (χ1v) is 10.6. The minimum Gasteiger partial charge on any atom is -0.379 e. The fourth-order valence-corrected chi connectivity index (χ4v) is 4.02. The standard InChI is InChI=1S/C24H29N3O3/c28-23-14-22(18-27(23)17-20-4-2-1-3-5-20)24(29)25-15-19-6-8-21(9-7-19)16-26-10-12-30-13-11-26/h1-9,22H,10-18H2,(H,25,29)/t22-/m0/s1. The van der Waals surface area contributed by atoms with E-state index in [0.29, 0.717) is 19.6 Å². The van der Waals surface area contributed by atoms with Crippen LogP contribution < -0.4 is 5.32 Å². The van der Waals surface area contributed by atoms with Crippen LogP contribution in [0.2, 0.25) is 0 Å². The Hall–Kier alpha value is -2.70. The molecule has 0 saturated carbocycles. The van der Waals surface area contributed by atoms with Crippen molar-refractivity contribution in [2.24, 2.45) is 5.92 Å². The van der Waals surface area contributed by atoms with Gasteiger partial charge in [-0.3, -0.25) is 14.5 Å². The maximum atomic E-state index is 12.6. The van der Waals surface area contributed by atoms with Crippen molar-refractivity contribution in [2.75, 3.05) is 32.8 Å². The molecule has 2 saturated heterocycles. The molecule has 2 fully saturated rings. The van der Waals surface area contributed by atoms with Gasteiger partial charge in [0.2, 0.25) is 11.8 Å². The number of amides is 2. The number of carbonyl (C=O) groups excluding carboxylic acids is 2. The molecule has 2 aliphatic heterocycles. The van der Waals surface area contributed by atoms with E-state index in [1.54, 1.807) is 4.90 Å². The van der Waals surface area contributed by atoms with Crippen molar-refractivity contribution in [3.05, 3.63) is 71.3 Å². The molecule has 2 aromatic carbocycles. The third-order valence-electron chi connectivity index (χ3n) is 5.80. The van der Waals surface area contributed by atoms with E-state index in [4.69, 9.17) is 4.74 Å². The molecule has 0 radical (unpaired) electrons. The second-order valence-corrected chi connectivity index (χ2v) is 8.08. The van der Waals surface area contributed by atoms with Gasteiger partial charge in [0.25, 0.3) is 0 Å². The molecule has 1 atom stereocenters. The molecule has 4 rings (SSSR count). The van der Waals surface area contributed by atoms with Gasteiger partial charge in [-0.15, -0.1) is 0 Å². The van der Waals surface area contributed by atoms with Crippen molar-refractivity contribution in [3.63, 3.8) is 0 Å². The lowest BCUT2D eigenvalue weighted by Gasteiger charge is -2.26. The summed E-state index contributed by atoms with van der Waals surface area (Å²) in [6.07, 6.45) is 0.289. The second kappa shape index (κ2) is 9.87. The topological polar surface area (TPSA) is 61.9 Å². The van der Waals surface area contributed by atoms with Gasteiger partial charge in [-0.05, 0) is 16.7 Å². The number of ether oxygens (including phenoxy) is 1. The third-order valence-corrected chi connectivity index (χ3v) is 5.80. The van der Waals surface area contributed by atoms with E-state index in [0.717, 1.165) is 44.0 Å². The van der Waals surface area contributed by atoms with Crippen LogP contribution in [0.3, 0.4) is 0 Å². The average molecular weight is 408 g/mol. The van der Waals surface area contributed by atoms with Crippen LogP contribution in [-0.4, -0.2) is 54.5 Å². The number of nitrogens with zero attached hydrogens (tertiary/aromatic N) is 2. The smallest absolute Gasteiger partial charge is 0.225 e. The summed E-state index contributed by atoms with van der Waals surface area (Å²) in [5.74, 6) is -0.274. The number of rotatable bonds is 7. The third kappa shape index (κ3) is 5.46. The van der Waals surface area contributed by atoms with Gasteiger partial charge in [-0.2, -0.15) is 0 Å². The fraction of sp³-hybridized carbons (Fsp3) is 0.417. The Morgan fingerprint density at radius 2 is 1.60 bits per heavy atom. The Labute approximate surface area is 177 Å². The molecule has 158 valence electrons. The zero-order chi connectivity index (χ0) is 20.8. The Morgan fingerprint density at radius 3 is 2.33 bits per heavy atom. The average Bonchev–Trinajstić information content (AvgIpc) is 3.15. The van der Waals surface area contributed by atoms with Crippen molar-refractivity contribution in [1.29, 1.82) is 0 Å². The van der Waals surface area contributed by atoms with E-state index >= 15 is 0 Å². The van der Waals surface area contributed by atoms with Crippen LogP contribution in [0.15, 0.2) is 54.6 Å². The zero-order valence-corrected chi connectivity index (χ0v) is 17.3. The Morgan fingerprint density at radius 1 is 0.933 bits per heavy atom. The number of morpholine rings is 1. The molecule has 2 aromatic rings. The summed E-state index contributed by atoms with van der Waals surface area (Å²) in [6.45, 7) is 6.01. The van der Waals surface area contributed by atoms with Gasteiger partial charge in [0, 0.05) is 45.7 Å². The summed E-state index contributed by atoms with van der Waals surface area (Å²) >= 11 is 0. The van der Waals surface area contributed by atoms with Crippen LogP contribution >= 0.6 is 0 Å². The lowest BCUT2D eigenvalue weighted by molar-refractivity contribution is -0.129. The minimum atomic E-state index is -0.276. The van der Waals surface area contributed by atoms with Gasteiger partial charge in [0.15, 0.2) is 0 Å². The van der Waals surface area contributed by atoms with E-state index in [1.165, 1.54) is 5.56 Å².